The van der Waals surface area contributed by atoms with Gasteiger partial charge < -0.3 is 5.32 Å². The van der Waals surface area contributed by atoms with Crippen LogP contribution in [0.15, 0.2) is 23.6 Å². The molecule has 7 nitrogen and oxygen atoms in total. The van der Waals surface area contributed by atoms with E-state index in [4.69, 9.17) is 0 Å². The van der Waals surface area contributed by atoms with Crippen LogP contribution in [0.4, 0.5) is 4.39 Å². The first kappa shape index (κ1) is 16.8. The van der Waals surface area contributed by atoms with E-state index in [1.165, 1.54) is 17.4 Å². The molecule has 1 aliphatic rings. The summed E-state index contributed by atoms with van der Waals surface area (Å²) < 4.78 is 13.4. The summed E-state index contributed by atoms with van der Waals surface area (Å²) in [5, 5.41) is 19.3. The van der Waals surface area contributed by atoms with Gasteiger partial charge in [-0.15, -0.1) is 21.5 Å². The molecule has 1 aromatic carbocycles. The average Bonchev–Trinajstić information content (AvgIpc) is 3.03. The minimum absolute atomic E-state index is 0.0239. The zero-order chi connectivity index (χ0) is 18.1. The molecule has 0 aliphatic heterocycles. The van der Waals surface area contributed by atoms with Gasteiger partial charge >= 0.3 is 0 Å². The number of benzene rings is 1. The molecule has 0 bridgehead atoms. The average molecular weight is 372 g/mol. The Morgan fingerprint density at radius 1 is 1.42 bits per heavy atom. The molecular weight excluding hydrogens is 355 g/mol. The van der Waals surface area contributed by atoms with Crippen molar-refractivity contribution in [3.63, 3.8) is 0 Å². The molecule has 0 atom stereocenters. The van der Waals surface area contributed by atoms with Gasteiger partial charge in [0.05, 0.1) is 12.0 Å². The third-order valence-electron chi connectivity index (χ3n) is 4.63. The topological polar surface area (TPSA) is 96.5 Å². The summed E-state index contributed by atoms with van der Waals surface area (Å²) in [4.78, 5) is 17.1. The number of carbonyl (C=O) groups is 1. The van der Waals surface area contributed by atoms with Crippen LogP contribution in [0.5, 0.6) is 0 Å². The van der Waals surface area contributed by atoms with Gasteiger partial charge in [-0.3, -0.25) is 4.79 Å². The minimum Gasteiger partial charge on any atom is -0.349 e. The van der Waals surface area contributed by atoms with Crippen molar-refractivity contribution in [2.24, 2.45) is 5.41 Å². The van der Waals surface area contributed by atoms with Crippen LogP contribution in [0.2, 0.25) is 0 Å². The summed E-state index contributed by atoms with van der Waals surface area (Å²) in [6.45, 7) is 2.10. The lowest BCUT2D eigenvalue weighted by Gasteiger charge is -2.15. The monoisotopic (exact) mass is 372 g/mol. The number of aromatic nitrogens is 5. The second-order valence-electron chi connectivity index (χ2n) is 6.59. The van der Waals surface area contributed by atoms with Crippen LogP contribution in [0.3, 0.4) is 0 Å². The Morgan fingerprint density at radius 3 is 2.96 bits per heavy atom. The number of aryl methyl sites for hydroxylation is 1. The van der Waals surface area contributed by atoms with Gasteiger partial charge in [0.1, 0.15) is 16.5 Å². The quantitative estimate of drug-likeness (QED) is 0.693. The second kappa shape index (κ2) is 6.56. The molecule has 3 aromatic rings. The predicted octanol–water partition coefficient (Wildman–Crippen LogP) is 2.41. The van der Waals surface area contributed by atoms with E-state index in [1.54, 1.807) is 13.0 Å². The maximum absolute atomic E-state index is 13.4. The fraction of sp³-hybridized carbons (Fsp3) is 0.353. The first-order chi connectivity index (χ1) is 12.6. The maximum atomic E-state index is 13.4. The molecular formula is C17H17FN6OS. The van der Waals surface area contributed by atoms with Crippen LogP contribution in [-0.4, -0.2) is 31.5 Å². The zero-order valence-electron chi connectivity index (χ0n) is 14.1. The van der Waals surface area contributed by atoms with Crippen molar-refractivity contribution >= 4 is 17.2 Å². The maximum Gasteiger partial charge on any atom is 0.226 e. The summed E-state index contributed by atoms with van der Waals surface area (Å²) in [5.41, 5.74) is 1.86. The Labute approximate surface area is 153 Å². The highest BCUT2D eigenvalue weighted by atomic mass is 32.1. The Balaban J connectivity index is 1.38. The Kier molecular flexibility index (Phi) is 4.23. The number of halogens is 1. The van der Waals surface area contributed by atoms with Gasteiger partial charge in [-0.05, 0) is 48.6 Å². The van der Waals surface area contributed by atoms with Gasteiger partial charge in [-0.2, -0.15) is 5.21 Å². The van der Waals surface area contributed by atoms with Crippen LogP contribution in [0.25, 0.3) is 11.5 Å². The largest absolute Gasteiger partial charge is 0.349 e. The third-order valence-corrected chi connectivity index (χ3v) is 5.48. The van der Waals surface area contributed by atoms with Gasteiger partial charge in [-0.1, -0.05) is 12.1 Å². The predicted molar refractivity (Wildman–Crippen MR) is 93.6 cm³/mol. The SMILES string of the molecule is Cc1cc(CC2(C(=O)NCc3nc(-c4nn[nH]n4)cs3)CC2)ccc1F. The lowest BCUT2D eigenvalue weighted by molar-refractivity contribution is -0.126. The number of nitrogens with zero attached hydrogens (tertiary/aromatic N) is 4. The highest BCUT2D eigenvalue weighted by molar-refractivity contribution is 7.09. The van der Waals surface area contributed by atoms with Crippen molar-refractivity contribution in [2.45, 2.75) is 32.7 Å². The molecule has 0 unspecified atom stereocenters. The van der Waals surface area contributed by atoms with Crippen molar-refractivity contribution in [3.05, 3.63) is 45.5 Å². The number of thiazole rings is 1. The summed E-state index contributed by atoms with van der Waals surface area (Å²) >= 11 is 1.44. The Bertz CT molecular complexity index is 935. The zero-order valence-corrected chi connectivity index (χ0v) is 14.9. The lowest BCUT2D eigenvalue weighted by Crippen LogP contribution is -2.33. The van der Waals surface area contributed by atoms with E-state index in [-0.39, 0.29) is 17.1 Å². The van der Waals surface area contributed by atoms with E-state index >= 15 is 0 Å². The number of aromatic amines is 1. The summed E-state index contributed by atoms with van der Waals surface area (Å²) in [6.07, 6.45) is 2.33. The highest BCUT2D eigenvalue weighted by Gasteiger charge is 2.49. The Morgan fingerprint density at radius 2 is 2.27 bits per heavy atom. The van der Waals surface area contributed by atoms with Crippen molar-refractivity contribution < 1.29 is 9.18 Å². The minimum atomic E-state index is -0.377. The number of carbonyl (C=O) groups excluding carboxylic acids is 1. The van der Waals surface area contributed by atoms with Crippen LogP contribution < -0.4 is 5.32 Å². The van der Waals surface area contributed by atoms with Crippen molar-refractivity contribution in [2.75, 3.05) is 0 Å². The molecule has 0 saturated heterocycles. The number of rotatable bonds is 6. The van der Waals surface area contributed by atoms with Crippen LogP contribution in [0, 0.1) is 18.2 Å². The molecule has 9 heteroatoms. The van der Waals surface area contributed by atoms with E-state index in [0.29, 0.717) is 30.0 Å². The number of H-pyrrole nitrogens is 1. The molecule has 1 saturated carbocycles. The highest BCUT2D eigenvalue weighted by Crippen LogP contribution is 2.48. The van der Waals surface area contributed by atoms with E-state index in [2.05, 4.69) is 30.9 Å². The molecule has 2 N–H and O–H groups in total. The molecule has 0 spiro atoms. The normalized spacial score (nSPS) is 15.0. The van der Waals surface area contributed by atoms with Crippen LogP contribution >= 0.6 is 11.3 Å². The molecule has 134 valence electrons. The summed E-state index contributed by atoms with van der Waals surface area (Å²) in [5.74, 6) is 0.240. The third kappa shape index (κ3) is 3.34. The molecule has 26 heavy (non-hydrogen) atoms. The van der Waals surface area contributed by atoms with Crippen molar-refractivity contribution in [1.82, 2.24) is 30.9 Å². The Hall–Kier alpha value is -2.68. The van der Waals surface area contributed by atoms with E-state index in [9.17, 15) is 9.18 Å². The number of hydrogen-bond acceptors (Lipinski definition) is 6. The van der Waals surface area contributed by atoms with E-state index in [1.807, 2.05) is 11.4 Å². The van der Waals surface area contributed by atoms with E-state index in [0.717, 1.165) is 23.4 Å². The van der Waals surface area contributed by atoms with Crippen LogP contribution in [-0.2, 0) is 17.8 Å². The van der Waals surface area contributed by atoms with E-state index < -0.39 is 0 Å². The number of hydrogen-bond donors (Lipinski definition) is 2. The fourth-order valence-corrected chi connectivity index (χ4v) is 3.66. The molecule has 4 rings (SSSR count). The van der Waals surface area contributed by atoms with Crippen molar-refractivity contribution in [1.29, 1.82) is 0 Å². The lowest BCUT2D eigenvalue weighted by atomic mass is 9.94. The molecule has 1 aliphatic carbocycles. The van der Waals surface area contributed by atoms with Crippen molar-refractivity contribution in [3.8, 4) is 11.5 Å². The van der Waals surface area contributed by atoms with Crippen LogP contribution in [0.1, 0.15) is 29.0 Å². The second-order valence-corrected chi connectivity index (χ2v) is 7.53. The van der Waals surface area contributed by atoms with Gasteiger partial charge in [0.25, 0.3) is 0 Å². The first-order valence-electron chi connectivity index (χ1n) is 8.27. The molecule has 0 radical (unpaired) electrons. The van der Waals surface area contributed by atoms with Gasteiger partial charge in [0.15, 0.2) is 0 Å². The smallest absolute Gasteiger partial charge is 0.226 e. The fourth-order valence-electron chi connectivity index (χ4n) is 2.95. The van der Waals surface area contributed by atoms with Gasteiger partial charge in [0.2, 0.25) is 11.7 Å². The summed E-state index contributed by atoms with van der Waals surface area (Å²) in [6, 6.07) is 5.04. The number of tetrazole rings is 1. The van der Waals surface area contributed by atoms with Gasteiger partial charge in [0, 0.05) is 5.38 Å². The first-order valence-corrected chi connectivity index (χ1v) is 9.15. The van der Waals surface area contributed by atoms with Gasteiger partial charge in [-0.25, -0.2) is 9.37 Å². The molecule has 2 aromatic heterocycles. The molecule has 1 fully saturated rings. The summed E-state index contributed by atoms with van der Waals surface area (Å²) in [7, 11) is 0. The number of amides is 1. The number of nitrogens with one attached hydrogen (secondary N) is 2. The molecule has 1 amide bonds. The molecule has 2 heterocycles. The standard InChI is InChI=1S/C17H17FN6OS/c1-10-6-11(2-3-12(10)18)7-17(4-5-17)16(25)19-8-14-20-13(9-26-14)15-21-23-24-22-15/h2-3,6,9H,4-5,7-8H2,1H3,(H,19,25)(H,21,22,23,24).